The molecule has 3 aromatic rings. The minimum atomic E-state index is -0.383. The van der Waals surface area contributed by atoms with Gasteiger partial charge in [0.05, 0.1) is 11.9 Å². The molecular formula is C18H17N5O3. The number of H-pyrrole nitrogens is 1. The van der Waals surface area contributed by atoms with Crippen LogP contribution in [0.15, 0.2) is 48.9 Å². The van der Waals surface area contributed by atoms with Crippen LogP contribution in [-0.4, -0.2) is 44.0 Å². The number of aromatic amines is 1. The Balaban J connectivity index is 1.41. The van der Waals surface area contributed by atoms with E-state index in [2.05, 4.69) is 19.9 Å². The Morgan fingerprint density at radius 2 is 1.73 bits per heavy atom. The zero-order valence-electron chi connectivity index (χ0n) is 14.0. The monoisotopic (exact) mass is 351 g/mol. The standard InChI is InChI=1S/C18H17N5O3/c24-18(23-8-4-5-9-23)26-17-21-12-15(22-17)13-10-19-16(20-11-13)25-14-6-2-1-3-7-14/h1-3,6-7,10-12H,4-5,8-9H2,(H,21,22). The molecule has 132 valence electrons. The molecule has 0 saturated carbocycles. The fourth-order valence-corrected chi connectivity index (χ4v) is 2.65. The second-order valence-electron chi connectivity index (χ2n) is 5.83. The van der Waals surface area contributed by atoms with E-state index in [0.29, 0.717) is 17.0 Å². The molecule has 0 aliphatic carbocycles. The average molecular weight is 351 g/mol. The Hall–Kier alpha value is -3.42. The molecule has 1 aliphatic rings. The van der Waals surface area contributed by atoms with Crippen molar-refractivity contribution in [1.82, 2.24) is 24.8 Å². The number of benzene rings is 1. The predicted molar refractivity (Wildman–Crippen MR) is 93.0 cm³/mol. The number of para-hydroxylation sites is 1. The van der Waals surface area contributed by atoms with Gasteiger partial charge in [0.15, 0.2) is 0 Å². The van der Waals surface area contributed by atoms with Gasteiger partial charge in [0.1, 0.15) is 5.75 Å². The summed E-state index contributed by atoms with van der Waals surface area (Å²) in [6, 6.07) is 9.71. The van der Waals surface area contributed by atoms with E-state index in [0.717, 1.165) is 25.9 Å². The highest BCUT2D eigenvalue weighted by molar-refractivity contribution is 5.70. The summed E-state index contributed by atoms with van der Waals surface area (Å²) in [6.45, 7) is 1.45. The number of nitrogens with one attached hydrogen (secondary N) is 1. The molecule has 8 nitrogen and oxygen atoms in total. The van der Waals surface area contributed by atoms with Crippen LogP contribution >= 0.6 is 0 Å². The first-order chi connectivity index (χ1) is 12.8. The van der Waals surface area contributed by atoms with Gasteiger partial charge in [-0.3, -0.25) is 0 Å². The lowest BCUT2D eigenvalue weighted by Gasteiger charge is -2.12. The first-order valence-electron chi connectivity index (χ1n) is 8.35. The summed E-state index contributed by atoms with van der Waals surface area (Å²) in [5.41, 5.74) is 1.36. The summed E-state index contributed by atoms with van der Waals surface area (Å²) in [6.07, 6.45) is 6.44. The van der Waals surface area contributed by atoms with E-state index in [1.54, 1.807) is 23.5 Å². The fraction of sp³-hybridized carbons (Fsp3) is 0.222. The maximum absolute atomic E-state index is 12.0. The van der Waals surface area contributed by atoms with Crippen molar-refractivity contribution in [1.29, 1.82) is 0 Å². The van der Waals surface area contributed by atoms with E-state index in [-0.39, 0.29) is 18.1 Å². The number of hydrogen-bond acceptors (Lipinski definition) is 6. The topological polar surface area (TPSA) is 93.2 Å². The van der Waals surface area contributed by atoms with Crippen molar-refractivity contribution in [3.63, 3.8) is 0 Å². The van der Waals surface area contributed by atoms with Crippen molar-refractivity contribution in [2.75, 3.05) is 13.1 Å². The highest BCUT2D eigenvalue weighted by Gasteiger charge is 2.20. The van der Waals surface area contributed by atoms with Crippen molar-refractivity contribution in [2.45, 2.75) is 12.8 Å². The molecule has 2 aromatic heterocycles. The molecule has 0 atom stereocenters. The number of ether oxygens (including phenoxy) is 2. The van der Waals surface area contributed by atoms with Gasteiger partial charge >= 0.3 is 18.1 Å². The zero-order chi connectivity index (χ0) is 17.8. The zero-order valence-corrected chi connectivity index (χ0v) is 14.0. The van der Waals surface area contributed by atoms with Gasteiger partial charge in [-0.25, -0.2) is 19.7 Å². The summed E-state index contributed by atoms with van der Waals surface area (Å²) in [5.74, 6) is 0.665. The second-order valence-corrected chi connectivity index (χ2v) is 5.83. The van der Waals surface area contributed by atoms with Crippen molar-refractivity contribution in [3.05, 3.63) is 48.9 Å². The summed E-state index contributed by atoms with van der Waals surface area (Å²) in [7, 11) is 0. The molecule has 8 heteroatoms. The minimum Gasteiger partial charge on any atom is -0.424 e. The van der Waals surface area contributed by atoms with Crippen LogP contribution in [0.5, 0.6) is 17.8 Å². The summed E-state index contributed by atoms with van der Waals surface area (Å²) in [5, 5.41) is 0. The lowest BCUT2D eigenvalue weighted by Crippen LogP contribution is -2.30. The fourth-order valence-electron chi connectivity index (χ4n) is 2.65. The summed E-state index contributed by atoms with van der Waals surface area (Å²) < 4.78 is 10.8. The number of amides is 1. The molecule has 1 saturated heterocycles. The Morgan fingerprint density at radius 1 is 1.00 bits per heavy atom. The highest BCUT2D eigenvalue weighted by Crippen LogP contribution is 2.21. The second kappa shape index (κ2) is 7.22. The lowest BCUT2D eigenvalue weighted by atomic mass is 10.3. The van der Waals surface area contributed by atoms with E-state index >= 15 is 0 Å². The van der Waals surface area contributed by atoms with E-state index in [1.807, 2.05) is 30.3 Å². The van der Waals surface area contributed by atoms with E-state index in [9.17, 15) is 4.79 Å². The van der Waals surface area contributed by atoms with E-state index < -0.39 is 0 Å². The third-order valence-corrected chi connectivity index (χ3v) is 3.99. The Labute approximate surface area is 149 Å². The normalized spacial score (nSPS) is 13.6. The van der Waals surface area contributed by atoms with Crippen molar-refractivity contribution >= 4 is 6.09 Å². The molecule has 4 rings (SSSR count). The Bertz CT molecular complexity index is 873. The molecule has 0 bridgehead atoms. The van der Waals surface area contributed by atoms with Gasteiger partial charge in [-0.2, -0.15) is 0 Å². The van der Waals surface area contributed by atoms with Crippen molar-refractivity contribution in [2.24, 2.45) is 0 Å². The van der Waals surface area contributed by atoms with Crippen LogP contribution in [0.25, 0.3) is 11.3 Å². The third kappa shape index (κ3) is 3.64. The van der Waals surface area contributed by atoms with Crippen LogP contribution < -0.4 is 9.47 Å². The molecule has 1 aromatic carbocycles. The molecule has 3 heterocycles. The van der Waals surface area contributed by atoms with Crippen molar-refractivity contribution in [3.8, 4) is 29.0 Å². The SMILES string of the molecule is O=C(Oc1ncc(-c2cnc(Oc3ccccc3)nc2)[nH]1)N1CCCC1. The molecule has 1 N–H and O–H groups in total. The van der Waals surface area contributed by atoms with Gasteiger partial charge in [-0.1, -0.05) is 18.2 Å². The van der Waals surface area contributed by atoms with Gasteiger partial charge in [0.2, 0.25) is 0 Å². The smallest absolute Gasteiger partial charge is 0.417 e. The van der Waals surface area contributed by atoms with Gasteiger partial charge in [0.25, 0.3) is 0 Å². The Kier molecular flexibility index (Phi) is 4.46. The van der Waals surface area contributed by atoms with Crippen LogP contribution in [0.3, 0.4) is 0 Å². The average Bonchev–Trinajstić information content (AvgIpc) is 3.35. The molecular weight excluding hydrogens is 334 g/mol. The molecule has 1 fully saturated rings. The first-order valence-corrected chi connectivity index (χ1v) is 8.35. The number of aromatic nitrogens is 4. The van der Waals surface area contributed by atoms with E-state index in [1.165, 1.54) is 0 Å². The number of imidazole rings is 1. The first kappa shape index (κ1) is 16.1. The number of hydrogen-bond donors (Lipinski definition) is 1. The largest absolute Gasteiger partial charge is 0.424 e. The van der Waals surface area contributed by atoms with Gasteiger partial charge in [0, 0.05) is 31.0 Å². The number of nitrogens with zero attached hydrogens (tertiary/aromatic N) is 4. The molecule has 0 spiro atoms. The quantitative estimate of drug-likeness (QED) is 0.775. The number of carbonyl (C=O) groups is 1. The number of likely N-dealkylation sites (tertiary alicyclic amines) is 1. The molecule has 1 aliphatic heterocycles. The van der Waals surface area contributed by atoms with E-state index in [4.69, 9.17) is 9.47 Å². The van der Waals surface area contributed by atoms with Crippen LogP contribution in [-0.2, 0) is 0 Å². The minimum absolute atomic E-state index is 0.154. The van der Waals surface area contributed by atoms with Gasteiger partial charge < -0.3 is 19.4 Å². The van der Waals surface area contributed by atoms with Gasteiger partial charge in [-0.15, -0.1) is 0 Å². The maximum atomic E-state index is 12.0. The van der Waals surface area contributed by atoms with Crippen LogP contribution in [0.1, 0.15) is 12.8 Å². The molecule has 0 radical (unpaired) electrons. The maximum Gasteiger partial charge on any atom is 0.417 e. The third-order valence-electron chi connectivity index (χ3n) is 3.99. The number of carbonyl (C=O) groups excluding carboxylic acids is 1. The summed E-state index contributed by atoms with van der Waals surface area (Å²) in [4.78, 5) is 29.1. The van der Waals surface area contributed by atoms with Crippen LogP contribution in [0, 0.1) is 0 Å². The predicted octanol–water partition coefficient (Wildman–Crippen LogP) is 3.25. The molecule has 1 amide bonds. The Morgan fingerprint density at radius 3 is 2.46 bits per heavy atom. The lowest BCUT2D eigenvalue weighted by molar-refractivity contribution is 0.159. The van der Waals surface area contributed by atoms with Crippen molar-refractivity contribution < 1.29 is 14.3 Å². The van der Waals surface area contributed by atoms with Crippen LogP contribution in [0.2, 0.25) is 0 Å². The highest BCUT2D eigenvalue weighted by atomic mass is 16.6. The van der Waals surface area contributed by atoms with Crippen LogP contribution in [0.4, 0.5) is 4.79 Å². The molecule has 0 unspecified atom stereocenters. The number of rotatable bonds is 4. The molecule has 26 heavy (non-hydrogen) atoms. The van der Waals surface area contributed by atoms with Gasteiger partial charge in [-0.05, 0) is 25.0 Å². The summed E-state index contributed by atoms with van der Waals surface area (Å²) >= 11 is 0.